The fourth-order valence-corrected chi connectivity index (χ4v) is 9.81. The third-order valence-electron chi connectivity index (χ3n) is 11.3. The Morgan fingerprint density at radius 3 is 1.91 bits per heavy atom. The maximum absolute atomic E-state index is 14.2. The molecule has 5 rings (SSSR count). The Balaban J connectivity index is 1.24. The average molecular weight is 986 g/mol. The third kappa shape index (κ3) is 15.9. The first-order valence-electron chi connectivity index (χ1n) is 23.7. The molecule has 5 aromatic rings. The monoisotopic (exact) mass is 985 g/mol. The number of hydrogen-bond donors (Lipinski definition) is 4. The smallest absolute Gasteiger partial charge is 0.303 e. The Bertz CT molecular complexity index is 2780. The van der Waals surface area contributed by atoms with Gasteiger partial charge in [0.15, 0.2) is 5.69 Å². The van der Waals surface area contributed by atoms with E-state index in [0.717, 1.165) is 25.3 Å². The number of phenols is 1. The van der Waals surface area contributed by atoms with E-state index in [1.807, 2.05) is 20.8 Å². The molecule has 0 saturated heterocycles. The molecule has 0 saturated carbocycles. The maximum atomic E-state index is 14.2. The van der Waals surface area contributed by atoms with Crippen LogP contribution in [0.3, 0.4) is 0 Å². The number of ether oxygens (including phenoxy) is 3. The highest BCUT2D eigenvalue weighted by Crippen LogP contribution is 2.41. The molecule has 1 aromatic heterocycles. The summed E-state index contributed by atoms with van der Waals surface area (Å²) in [5.41, 5.74) is -0.135. The summed E-state index contributed by atoms with van der Waals surface area (Å²) in [4.78, 5) is 15.8. The highest BCUT2D eigenvalue weighted by Gasteiger charge is 2.27. The highest BCUT2D eigenvalue weighted by molar-refractivity contribution is 7.93. The molecule has 0 bridgehead atoms. The number of aromatic nitrogens is 2. The molecule has 16 nitrogen and oxygen atoms in total. The molecule has 69 heavy (non-hydrogen) atoms. The minimum absolute atomic E-state index is 0.00895. The molecule has 4 aromatic carbocycles. The van der Waals surface area contributed by atoms with Crippen molar-refractivity contribution in [2.75, 3.05) is 36.4 Å². The molecule has 0 aliphatic rings. The lowest BCUT2D eigenvalue weighted by Crippen LogP contribution is -2.19. The number of azo groups is 1. The molecule has 1 heterocycles. The van der Waals surface area contributed by atoms with E-state index in [1.54, 1.807) is 36.4 Å². The molecule has 0 spiro atoms. The molecule has 372 valence electrons. The van der Waals surface area contributed by atoms with Crippen molar-refractivity contribution in [1.29, 1.82) is 0 Å². The number of benzene rings is 4. The van der Waals surface area contributed by atoms with E-state index in [-0.39, 0.29) is 58.2 Å². The van der Waals surface area contributed by atoms with Crippen LogP contribution in [-0.4, -0.2) is 58.7 Å². The first kappa shape index (κ1) is 53.8. The number of rotatable bonds is 29. The summed E-state index contributed by atoms with van der Waals surface area (Å²) in [5, 5.41) is 22.0. The van der Waals surface area contributed by atoms with E-state index in [1.165, 1.54) is 125 Å². The van der Waals surface area contributed by atoms with Gasteiger partial charge in [0.2, 0.25) is 0 Å². The lowest BCUT2D eigenvalue weighted by atomic mass is 9.86. The van der Waals surface area contributed by atoms with Crippen molar-refractivity contribution >= 4 is 48.6 Å². The Morgan fingerprint density at radius 2 is 1.32 bits per heavy atom. The summed E-state index contributed by atoms with van der Waals surface area (Å²) in [5.74, 6) is -0.104. The molecule has 0 fully saturated rings. The standard InChI is InChI=1S/C51H67N7O9S2/c1-7-8-9-10-11-12-13-14-15-16-17-18-19-23-32-66-46-37-44(59)43(36-42(46)51(2,3)4)57-69(63,64)47-35-39(28-31-45(47)67-34-33-65-6)56-68(61,62)41-29-26-38(27-30-41)53-54-48-49(52-5)55-58(50(48)60)40-24-21-20-22-25-40/h20-22,24-31,35-37,55-57,59H,7-19,23,32-34H2,1-4,6H3. The van der Waals surface area contributed by atoms with Crippen LogP contribution in [0, 0.1) is 6.57 Å². The zero-order valence-electron chi connectivity index (χ0n) is 40.4. The van der Waals surface area contributed by atoms with E-state index in [9.17, 15) is 26.7 Å². The van der Waals surface area contributed by atoms with Crippen molar-refractivity contribution in [2.45, 2.75) is 133 Å². The molecule has 4 N–H and O–H groups in total. The van der Waals surface area contributed by atoms with Gasteiger partial charge >= 0.3 is 5.56 Å². The van der Waals surface area contributed by atoms with Gasteiger partial charge < -0.3 is 24.2 Å². The Labute approximate surface area is 407 Å². The van der Waals surface area contributed by atoms with Crippen LogP contribution in [0.5, 0.6) is 17.2 Å². The number of nitrogens with zero attached hydrogens (tertiary/aromatic N) is 4. The van der Waals surface area contributed by atoms with Crippen LogP contribution in [0.25, 0.3) is 10.5 Å². The Kier molecular flexibility index (Phi) is 20.3. The minimum atomic E-state index is -4.54. The number of unbranched alkanes of at least 4 members (excludes halogenated alkanes) is 13. The second-order valence-electron chi connectivity index (χ2n) is 17.9. The van der Waals surface area contributed by atoms with Crippen molar-refractivity contribution in [2.24, 2.45) is 10.2 Å². The molecule has 0 aliphatic carbocycles. The number of H-pyrrole nitrogens is 1. The molecular weight excluding hydrogens is 919 g/mol. The van der Waals surface area contributed by atoms with E-state index in [4.69, 9.17) is 20.8 Å². The second kappa shape index (κ2) is 26.0. The first-order chi connectivity index (χ1) is 33.1. The van der Waals surface area contributed by atoms with Crippen LogP contribution in [0.1, 0.15) is 123 Å². The summed E-state index contributed by atoms with van der Waals surface area (Å²) < 4.78 is 78.8. The number of hydrogen-bond acceptors (Lipinski definition) is 11. The normalized spacial score (nSPS) is 12.0. The molecule has 0 amide bonds. The van der Waals surface area contributed by atoms with Crippen molar-refractivity contribution in [3.8, 4) is 22.9 Å². The average Bonchev–Trinajstić information content (AvgIpc) is 3.65. The van der Waals surface area contributed by atoms with Crippen molar-refractivity contribution in [3.05, 3.63) is 112 Å². The maximum Gasteiger partial charge on any atom is 0.303 e. The Morgan fingerprint density at radius 1 is 0.710 bits per heavy atom. The second-order valence-corrected chi connectivity index (χ2v) is 21.2. The first-order valence-corrected chi connectivity index (χ1v) is 26.7. The van der Waals surface area contributed by atoms with Crippen LogP contribution in [0.15, 0.2) is 110 Å². The van der Waals surface area contributed by atoms with Gasteiger partial charge in [0.05, 0.1) is 40.9 Å². The van der Waals surface area contributed by atoms with Crippen LogP contribution >= 0.6 is 0 Å². The highest BCUT2D eigenvalue weighted by atomic mass is 32.2. The van der Waals surface area contributed by atoms with Crippen molar-refractivity contribution in [3.63, 3.8) is 0 Å². The van der Waals surface area contributed by atoms with Crippen LogP contribution in [-0.2, 0) is 30.2 Å². The van der Waals surface area contributed by atoms with Crippen molar-refractivity contribution < 1.29 is 36.2 Å². The number of methoxy groups -OCH3 is 1. The molecule has 0 unspecified atom stereocenters. The lowest BCUT2D eigenvalue weighted by Gasteiger charge is -2.25. The number of aromatic amines is 1. The zero-order chi connectivity index (χ0) is 49.9. The number of phenolic OH excluding ortho intramolecular Hbond substituents is 1. The Hall–Kier alpha value is -6.16. The predicted octanol–water partition coefficient (Wildman–Crippen LogP) is 12.6. The van der Waals surface area contributed by atoms with E-state index in [0.29, 0.717) is 23.6 Å². The van der Waals surface area contributed by atoms with Gasteiger partial charge in [-0.15, -0.1) is 0 Å². The topological polar surface area (TPSA) is 207 Å². The third-order valence-corrected chi connectivity index (χ3v) is 14.1. The molecule has 0 atom stereocenters. The summed E-state index contributed by atoms with van der Waals surface area (Å²) in [6.45, 7) is 16.2. The largest absolute Gasteiger partial charge is 0.506 e. The number of para-hydroxylation sites is 1. The van der Waals surface area contributed by atoms with Crippen LogP contribution in [0.4, 0.5) is 28.6 Å². The van der Waals surface area contributed by atoms with Crippen molar-refractivity contribution in [1.82, 2.24) is 9.78 Å². The predicted molar refractivity (Wildman–Crippen MR) is 271 cm³/mol. The molecule has 0 radical (unpaired) electrons. The van der Waals surface area contributed by atoms with Gasteiger partial charge in [-0.2, -0.15) is 14.9 Å². The summed E-state index contributed by atoms with van der Waals surface area (Å²) in [6, 6.07) is 20.7. The van der Waals surface area contributed by atoms with Crippen LogP contribution in [0.2, 0.25) is 0 Å². The summed E-state index contributed by atoms with van der Waals surface area (Å²) in [6.07, 6.45) is 17.4. The molecular formula is C51H67N7O9S2. The lowest BCUT2D eigenvalue weighted by molar-refractivity contribution is 0.144. The summed E-state index contributed by atoms with van der Waals surface area (Å²) in [7, 11) is -7.38. The molecule has 0 aliphatic heterocycles. The summed E-state index contributed by atoms with van der Waals surface area (Å²) >= 11 is 0. The number of aromatic hydroxyl groups is 1. The number of nitrogens with one attached hydrogen (secondary N) is 3. The van der Waals surface area contributed by atoms with Gasteiger partial charge in [0.1, 0.15) is 28.8 Å². The van der Waals surface area contributed by atoms with E-state index < -0.39 is 35.9 Å². The van der Waals surface area contributed by atoms with Gasteiger partial charge in [-0.25, -0.2) is 21.9 Å². The fraction of sp³-hybridized carbons (Fsp3) is 0.451. The molecule has 18 heteroatoms. The number of sulfonamides is 2. The van der Waals surface area contributed by atoms with Gasteiger partial charge in [-0.05, 0) is 72.5 Å². The number of anilines is 2. The van der Waals surface area contributed by atoms with Crippen LogP contribution < -0.4 is 24.5 Å². The van der Waals surface area contributed by atoms with Gasteiger partial charge in [-0.1, -0.05) is 136 Å². The fourth-order valence-electron chi connectivity index (χ4n) is 7.53. The SMILES string of the molecule is [C-]#[N+]c1[nH]n(-c2ccccc2)c(=O)c1N=Nc1ccc(S(=O)(=O)Nc2ccc(OCCOC)c(S(=O)(=O)Nc3cc(C(C)(C)C)c(OCCCCCCCCCCCCCCCC)cc3O)c2)cc1. The quantitative estimate of drug-likeness (QED) is 0.0155. The van der Waals surface area contributed by atoms with E-state index >= 15 is 0 Å². The van der Waals surface area contributed by atoms with Gasteiger partial charge in [0.25, 0.3) is 25.9 Å². The van der Waals surface area contributed by atoms with E-state index in [2.05, 4.69) is 36.5 Å². The van der Waals surface area contributed by atoms with Gasteiger partial charge in [-0.3, -0.25) is 14.2 Å². The van der Waals surface area contributed by atoms with Gasteiger partial charge in [0, 0.05) is 18.7 Å². The minimum Gasteiger partial charge on any atom is -0.506 e. The zero-order valence-corrected chi connectivity index (χ0v) is 42.1.